The van der Waals surface area contributed by atoms with Crippen LogP contribution in [0.1, 0.15) is 20.3 Å². The van der Waals surface area contributed by atoms with Crippen molar-refractivity contribution in [3.63, 3.8) is 0 Å². The number of hydrogen-bond acceptors (Lipinski definition) is 1. The number of allylic oxidation sites excluding steroid dienone is 4. The van der Waals surface area contributed by atoms with Crippen molar-refractivity contribution < 1.29 is 4.79 Å². The van der Waals surface area contributed by atoms with Gasteiger partial charge in [-0.05, 0) is 13.3 Å². The Balaban J connectivity index is 3.42. The number of carbonyl (C=O) groups is 1. The third-order valence-electron chi connectivity index (χ3n) is 1.18. The first kappa shape index (κ1) is 9.15. The van der Waals surface area contributed by atoms with Crippen molar-refractivity contribution in [2.24, 2.45) is 5.92 Å². The topological polar surface area (TPSA) is 17.1 Å². The molecule has 0 heterocycles. The van der Waals surface area contributed by atoms with Crippen LogP contribution in [0.5, 0.6) is 0 Å². The van der Waals surface area contributed by atoms with E-state index in [2.05, 4.69) is 0 Å². The lowest BCUT2D eigenvalue weighted by atomic mass is 10.1. The summed E-state index contributed by atoms with van der Waals surface area (Å²) < 4.78 is 0. The summed E-state index contributed by atoms with van der Waals surface area (Å²) in [5.74, 6) is 0.154. The highest BCUT2D eigenvalue weighted by Crippen LogP contribution is 1.97. The number of hydrogen-bond donors (Lipinski definition) is 0. The molecule has 1 nitrogen and oxygen atoms in total. The van der Waals surface area contributed by atoms with Gasteiger partial charge in [-0.15, -0.1) is 0 Å². The van der Waals surface area contributed by atoms with Crippen LogP contribution in [0.4, 0.5) is 0 Å². The lowest BCUT2D eigenvalue weighted by Gasteiger charge is -1.93. The molecule has 0 aliphatic heterocycles. The van der Waals surface area contributed by atoms with Crippen molar-refractivity contribution in [1.29, 1.82) is 0 Å². The molecule has 0 N–H and O–H groups in total. The Morgan fingerprint density at radius 3 is 2.60 bits per heavy atom. The fourth-order valence-electron chi connectivity index (χ4n) is 0.538. The highest BCUT2D eigenvalue weighted by atomic mass is 16.1. The molecule has 1 heteroatoms. The Morgan fingerprint density at radius 2 is 2.10 bits per heavy atom. The van der Waals surface area contributed by atoms with Crippen LogP contribution >= 0.6 is 0 Å². The summed E-state index contributed by atoms with van der Waals surface area (Å²) in [5.41, 5.74) is 0. The maximum Gasteiger partial charge on any atom is 0.123 e. The highest BCUT2D eigenvalue weighted by molar-refractivity contribution is 5.53. The first-order valence-electron chi connectivity index (χ1n) is 3.54. The predicted octanol–water partition coefficient (Wildman–Crippen LogP) is 2.34. The number of aldehydes is 1. The quantitative estimate of drug-likeness (QED) is 0.430. The SMILES string of the molecule is C/C=C/C=C/C[C@@H](C)C=O. The zero-order valence-corrected chi connectivity index (χ0v) is 6.58. The molecule has 0 aliphatic rings. The first-order chi connectivity index (χ1) is 4.81. The summed E-state index contributed by atoms with van der Waals surface area (Å²) in [5, 5.41) is 0. The van der Waals surface area contributed by atoms with Gasteiger partial charge in [0.2, 0.25) is 0 Å². The van der Waals surface area contributed by atoms with Gasteiger partial charge in [-0.2, -0.15) is 0 Å². The van der Waals surface area contributed by atoms with Gasteiger partial charge in [-0.25, -0.2) is 0 Å². The Bertz CT molecular complexity index is 134. The van der Waals surface area contributed by atoms with E-state index in [1.54, 1.807) is 0 Å². The molecular formula is C9H14O. The minimum absolute atomic E-state index is 0.154. The molecule has 0 aromatic heterocycles. The molecule has 1 atom stereocenters. The van der Waals surface area contributed by atoms with Crippen LogP contribution in [0.3, 0.4) is 0 Å². The molecule has 0 saturated carbocycles. The third kappa shape index (κ3) is 5.29. The van der Waals surface area contributed by atoms with Gasteiger partial charge >= 0.3 is 0 Å². The van der Waals surface area contributed by atoms with Crippen molar-refractivity contribution in [3.05, 3.63) is 24.3 Å². The second kappa shape index (κ2) is 6.27. The normalized spacial score (nSPS) is 14.6. The van der Waals surface area contributed by atoms with Gasteiger partial charge in [0.25, 0.3) is 0 Å². The minimum atomic E-state index is 0.154. The molecule has 56 valence electrons. The molecule has 0 aromatic rings. The van der Waals surface area contributed by atoms with Crippen LogP contribution in [0.25, 0.3) is 0 Å². The Kier molecular flexibility index (Phi) is 5.74. The largest absolute Gasteiger partial charge is 0.303 e. The van der Waals surface area contributed by atoms with Crippen LogP contribution in [-0.2, 0) is 4.79 Å². The van der Waals surface area contributed by atoms with E-state index in [0.29, 0.717) is 0 Å². The zero-order chi connectivity index (χ0) is 7.82. The Morgan fingerprint density at radius 1 is 1.40 bits per heavy atom. The van der Waals surface area contributed by atoms with Gasteiger partial charge in [0, 0.05) is 5.92 Å². The summed E-state index contributed by atoms with van der Waals surface area (Å²) in [4.78, 5) is 10.1. The summed E-state index contributed by atoms with van der Waals surface area (Å²) >= 11 is 0. The second-order valence-electron chi connectivity index (χ2n) is 2.30. The van der Waals surface area contributed by atoms with Crippen molar-refractivity contribution in [2.45, 2.75) is 20.3 Å². The molecular weight excluding hydrogens is 124 g/mol. The number of rotatable bonds is 4. The summed E-state index contributed by atoms with van der Waals surface area (Å²) in [6, 6.07) is 0. The van der Waals surface area contributed by atoms with Gasteiger partial charge in [-0.1, -0.05) is 31.2 Å². The monoisotopic (exact) mass is 138 g/mol. The van der Waals surface area contributed by atoms with Gasteiger partial charge in [0.05, 0.1) is 0 Å². The van der Waals surface area contributed by atoms with E-state index in [9.17, 15) is 4.79 Å². The van der Waals surface area contributed by atoms with E-state index in [0.717, 1.165) is 12.7 Å². The van der Waals surface area contributed by atoms with Crippen molar-refractivity contribution in [2.75, 3.05) is 0 Å². The summed E-state index contributed by atoms with van der Waals surface area (Å²) in [6.45, 7) is 3.88. The maximum atomic E-state index is 10.1. The highest BCUT2D eigenvalue weighted by Gasteiger charge is 1.92. The molecule has 0 bridgehead atoms. The van der Waals surface area contributed by atoms with Gasteiger partial charge in [-0.3, -0.25) is 0 Å². The molecule has 10 heavy (non-hydrogen) atoms. The van der Waals surface area contributed by atoms with Gasteiger partial charge in [0.1, 0.15) is 6.29 Å². The van der Waals surface area contributed by atoms with Crippen LogP contribution in [-0.4, -0.2) is 6.29 Å². The smallest absolute Gasteiger partial charge is 0.123 e. The third-order valence-corrected chi connectivity index (χ3v) is 1.18. The van der Waals surface area contributed by atoms with E-state index in [1.807, 2.05) is 38.2 Å². The standard InChI is InChI=1S/C9H14O/c1-3-4-5-6-7-9(2)8-10/h3-6,8-9H,7H2,1-2H3/b4-3+,6-5+/t9-/m1/s1. The van der Waals surface area contributed by atoms with Crippen LogP contribution in [0, 0.1) is 5.92 Å². The first-order valence-corrected chi connectivity index (χ1v) is 3.54. The molecule has 0 amide bonds. The lowest BCUT2D eigenvalue weighted by Crippen LogP contribution is -1.91. The molecule has 0 saturated heterocycles. The van der Waals surface area contributed by atoms with E-state index in [1.165, 1.54) is 0 Å². The molecule has 0 spiro atoms. The van der Waals surface area contributed by atoms with E-state index >= 15 is 0 Å². The molecule has 0 rings (SSSR count). The predicted molar refractivity (Wildman–Crippen MR) is 43.8 cm³/mol. The molecule has 0 fully saturated rings. The summed E-state index contributed by atoms with van der Waals surface area (Å²) in [6.07, 6.45) is 9.69. The molecule has 0 aliphatic carbocycles. The van der Waals surface area contributed by atoms with Crippen molar-refractivity contribution in [3.8, 4) is 0 Å². The van der Waals surface area contributed by atoms with Crippen LogP contribution < -0.4 is 0 Å². The fourth-order valence-corrected chi connectivity index (χ4v) is 0.538. The lowest BCUT2D eigenvalue weighted by molar-refractivity contribution is -0.110. The Labute approximate surface area is 62.4 Å². The van der Waals surface area contributed by atoms with E-state index in [4.69, 9.17) is 0 Å². The van der Waals surface area contributed by atoms with Crippen LogP contribution in [0.15, 0.2) is 24.3 Å². The average molecular weight is 138 g/mol. The zero-order valence-electron chi connectivity index (χ0n) is 6.58. The number of carbonyl (C=O) groups excluding carboxylic acids is 1. The average Bonchev–Trinajstić information content (AvgIpc) is 1.98. The van der Waals surface area contributed by atoms with Gasteiger partial charge < -0.3 is 4.79 Å². The molecule has 0 radical (unpaired) electrons. The van der Waals surface area contributed by atoms with Crippen LogP contribution in [0.2, 0.25) is 0 Å². The van der Waals surface area contributed by atoms with E-state index < -0.39 is 0 Å². The summed E-state index contributed by atoms with van der Waals surface area (Å²) in [7, 11) is 0. The minimum Gasteiger partial charge on any atom is -0.303 e. The maximum absolute atomic E-state index is 10.1. The van der Waals surface area contributed by atoms with Gasteiger partial charge in [0.15, 0.2) is 0 Å². The molecule has 0 unspecified atom stereocenters. The second-order valence-corrected chi connectivity index (χ2v) is 2.30. The van der Waals surface area contributed by atoms with Crippen molar-refractivity contribution in [1.82, 2.24) is 0 Å². The Hall–Kier alpha value is -0.850. The fraction of sp³-hybridized carbons (Fsp3) is 0.444. The van der Waals surface area contributed by atoms with E-state index in [-0.39, 0.29) is 5.92 Å². The molecule has 0 aromatic carbocycles. The van der Waals surface area contributed by atoms with Crippen molar-refractivity contribution >= 4 is 6.29 Å².